The van der Waals surface area contributed by atoms with Crippen molar-refractivity contribution >= 4 is 22.6 Å². The summed E-state index contributed by atoms with van der Waals surface area (Å²) < 4.78 is 11.5. The molecule has 5 nitrogen and oxygen atoms in total. The normalized spacial score (nSPS) is 11.8. The second-order valence-corrected chi connectivity index (χ2v) is 7.82. The molecule has 0 amide bonds. The summed E-state index contributed by atoms with van der Waals surface area (Å²) in [5.41, 5.74) is 7.20. The molecule has 0 fully saturated rings. The van der Waals surface area contributed by atoms with Gasteiger partial charge in [-0.25, -0.2) is 4.79 Å². The van der Waals surface area contributed by atoms with E-state index in [1.807, 2.05) is 44.2 Å². The Morgan fingerprint density at radius 1 is 1.03 bits per heavy atom. The number of methoxy groups -OCH3 is 1. The number of ether oxygens (including phenoxy) is 1. The number of carbonyl (C=O) groups is 1. The fourth-order valence-electron chi connectivity index (χ4n) is 4.19. The van der Waals surface area contributed by atoms with Crippen LogP contribution in [0.2, 0.25) is 0 Å². The lowest BCUT2D eigenvalue weighted by molar-refractivity contribution is 0.0601. The standard InChI is InChI=1S/C27H28N2O3/c1-6-28-22-14-24-20(12-16(22)3)26(18-10-8-9-11-19(18)27(30)31-5)21-13-17(4)23(29-7-2)15-25(21)32-24/h8-15,28H,6-7H2,1-5H3/b29-23-. The zero-order chi connectivity index (χ0) is 22.8. The number of esters is 1. The summed E-state index contributed by atoms with van der Waals surface area (Å²) in [6.45, 7) is 9.73. The number of fused-ring (bicyclic) bond motifs is 2. The molecular formula is C27H28N2O3. The van der Waals surface area contributed by atoms with Gasteiger partial charge in [0.15, 0.2) is 0 Å². The van der Waals surface area contributed by atoms with E-state index in [-0.39, 0.29) is 5.97 Å². The monoisotopic (exact) mass is 428 g/mol. The highest BCUT2D eigenvalue weighted by atomic mass is 16.5. The third-order valence-electron chi connectivity index (χ3n) is 5.68. The first-order valence-corrected chi connectivity index (χ1v) is 10.9. The first-order valence-electron chi connectivity index (χ1n) is 10.9. The van der Waals surface area contributed by atoms with E-state index in [0.29, 0.717) is 12.1 Å². The molecule has 1 aliphatic carbocycles. The maximum absolute atomic E-state index is 12.6. The van der Waals surface area contributed by atoms with Gasteiger partial charge in [-0.1, -0.05) is 18.2 Å². The Labute approximate surface area is 188 Å². The minimum atomic E-state index is -0.363. The number of anilines is 1. The number of nitrogens with zero attached hydrogens (tertiary/aromatic N) is 1. The van der Waals surface area contributed by atoms with Crippen molar-refractivity contribution in [1.29, 1.82) is 0 Å². The average Bonchev–Trinajstić information content (AvgIpc) is 2.79. The molecule has 5 heteroatoms. The Morgan fingerprint density at radius 2 is 1.81 bits per heavy atom. The summed E-state index contributed by atoms with van der Waals surface area (Å²) >= 11 is 0. The van der Waals surface area contributed by atoms with Gasteiger partial charge in [-0.2, -0.15) is 0 Å². The Hall–Kier alpha value is -3.60. The van der Waals surface area contributed by atoms with Crippen molar-refractivity contribution in [3.63, 3.8) is 0 Å². The highest BCUT2D eigenvalue weighted by Crippen LogP contribution is 2.42. The van der Waals surface area contributed by atoms with Crippen molar-refractivity contribution < 1.29 is 13.9 Å². The number of rotatable bonds is 5. The van der Waals surface area contributed by atoms with Gasteiger partial charge in [0.05, 0.1) is 18.0 Å². The lowest BCUT2D eigenvalue weighted by atomic mass is 9.89. The quantitative estimate of drug-likeness (QED) is 0.315. The molecule has 1 N–H and O–H groups in total. The molecule has 2 aliphatic rings. The minimum absolute atomic E-state index is 0.363. The topological polar surface area (TPSA) is 63.8 Å². The van der Waals surface area contributed by atoms with Crippen LogP contribution in [0, 0.1) is 13.8 Å². The molecule has 2 aromatic rings. The molecule has 32 heavy (non-hydrogen) atoms. The van der Waals surface area contributed by atoms with Crippen molar-refractivity contribution in [3.05, 3.63) is 70.6 Å². The van der Waals surface area contributed by atoms with Crippen LogP contribution in [0.5, 0.6) is 0 Å². The van der Waals surface area contributed by atoms with Crippen LogP contribution in [0.25, 0.3) is 33.4 Å². The van der Waals surface area contributed by atoms with E-state index in [1.165, 1.54) is 7.11 Å². The zero-order valence-electron chi connectivity index (χ0n) is 19.2. The van der Waals surface area contributed by atoms with Gasteiger partial charge in [-0.3, -0.25) is 4.99 Å². The number of aryl methyl sites for hydroxylation is 2. The predicted molar refractivity (Wildman–Crippen MR) is 129 cm³/mol. The largest absolute Gasteiger partial charge is 0.465 e. The van der Waals surface area contributed by atoms with Gasteiger partial charge in [-0.05, 0) is 62.6 Å². The second kappa shape index (κ2) is 8.87. The van der Waals surface area contributed by atoms with Gasteiger partial charge < -0.3 is 14.5 Å². The van der Waals surface area contributed by atoms with Crippen LogP contribution in [-0.4, -0.2) is 26.2 Å². The number of hydrogen-bond donors (Lipinski definition) is 1. The Bertz CT molecular complexity index is 1350. The summed E-state index contributed by atoms with van der Waals surface area (Å²) in [5.74, 6) is 0.370. The first-order chi connectivity index (χ1) is 15.5. The third kappa shape index (κ3) is 3.75. The van der Waals surface area contributed by atoms with Crippen molar-refractivity contribution in [2.75, 3.05) is 25.5 Å². The molecule has 164 valence electrons. The van der Waals surface area contributed by atoms with Crippen molar-refractivity contribution in [3.8, 4) is 22.5 Å². The maximum Gasteiger partial charge on any atom is 0.338 e. The van der Waals surface area contributed by atoms with Crippen molar-refractivity contribution in [2.24, 2.45) is 4.99 Å². The SMILES string of the molecule is CC/N=c1/cc2oc3cc(NCC)c(C)cc3c(-c3ccccc3C(=O)OC)c-2cc1C. The van der Waals surface area contributed by atoms with E-state index in [9.17, 15) is 4.79 Å². The third-order valence-corrected chi connectivity index (χ3v) is 5.68. The molecule has 0 atom stereocenters. The van der Waals surface area contributed by atoms with E-state index < -0.39 is 0 Å². The summed E-state index contributed by atoms with van der Waals surface area (Å²) in [6, 6.07) is 15.8. The minimum Gasteiger partial charge on any atom is -0.465 e. The Balaban J connectivity index is 2.18. The fourth-order valence-corrected chi connectivity index (χ4v) is 4.19. The lowest BCUT2D eigenvalue weighted by Gasteiger charge is -2.19. The second-order valence-electron chi connectivity index (χ2n) is 7.82. The molecule has 4 rings (SSSR count). The van der Waals surface area contributed by atoms with E-state index in [4.69, 9.17) is 9.15 Å². The van der Waals surface area contributed by atoms with Gasteiger partial charge in [0.1, 0.15) is 11.3 Å². The predicted octanol–water partition coefficient (Wildman–Crippen LogP) is 5.96. The van der Waals surface area contributed by atoms with Crippen molar-refractivity contribution in [1.82, 2.24) is 0 Å². The first kappa shape index (κ1) is 21.6. The van der Waals surface area contributed by atoms with Gasteiger partial charge in [-0.15, -0.1) is 0 Å². The van der Waals surface area contributed by atoms with Gasteiger partial charge >= 0.3 is 5.97 Å². The van der Waals surface area contributed by atoms with Crippen LogP contribution in [0.4, 0.5) is 5.69 Å². The molecular weight excluding hydrogens is 400 g/mol. The number of nitrogens with one attached hydrogen (secondary N) is 1. The van der Waals surface area contributed by atoms with Crippen LogP contribution in [-0.2, 0) is 4.74 Å². The van der Waals surface area contributed by atoms with E-state index >= 15 is 0 Å². The molecule has 0 saturated carbocycles. The highest BCUT2D eigenvalue weighted by Gasteiger charge is 2.23. The molecule has 0 radical (unpaired) electrons. The Morgan fingerprint density at radius 3 is 2.53 bits per heavy atom. The summed E-state index contributed by atoms with van der Waals surface area (Å²) in [6.07, 6.45) is 0. The molecule has 0 unspecified atom stereocenters. The summed E-state index contributed by atoms with van der Waals surface area (Å²) in [4.78, 5) is 17.2. The van der Waals surface area contributed by atoms with E-state index in [0.717, 1.165) is 62.1 Å². The highest BCUT2D eigenvalue weighted by molar-refractivity contribution is 6.08. The molecule has 2 aromatic carbocycles. The van der Waals surface area contributed by atoms with E-state index in [2.05, 4.69) is 36.3 Å². The van der Waals surface area contributed by atoms with Crippen LogP contribution in [0.1, 0.15) is 35.3 Å². The van der Waals surface area contributed by atoms with Crippen LogP contribution in [0.3, 0.4) is 0 Å². The molecule has 1 heterocycles. The van der Waals surface area contributed by atoms with E-state index in [1.54, 1.807) is 6.07 Å². The van der Waals surface area contributed by atoms with Crippen LogP contribution >= 0.6 is 0 Å². The molecule has 0 bridgehead atoms. The molecule has 0 aromatic heterocycles. The number of hydrogen-bond acceptors (Lipinski definition) is 5. The smallest absolute Gasteiger partial charge is 0.338 e. The molecule has 1 aliphatic heterocycles. The fraction of sp³-hybridized carbons (Fsp3) is 0.259. The summed E-state index contributed by atoms with van der Waals surface area (Å²) in [7, 11) is 1.41. The van der Waals surface area contributed by atoms with Crippen molar-refractivity contribution in [2.45, 2.75) is 27.7 Å². The lowest BCUT2D eigenvalue weighted by Crippen LogP contribution is -2.10. The maximum atomic E-state index is 12.6. The zero-order valence-corrected chi connectivity index (χ0v) is 19.2. The number of carbonyl (C=O) groups excluding carboxylic acids is 1. The summed E-state index contributed by atoms with van der Waals surface area (Å²) in [5, 5.41) is 5.27. The molecule has 0 saturated heterocycles. The van der Waals surface area contributed by atoms with Crippen LogP contribution in [0.15, 0.2) is 57.9 Å². The van der Waals surface area contributed by atoms with Gasteiger partial charge in [0.25, 0.3) is 0 Å². The Kier molecular flexibility index (Phi) is 5.99. The van der Waals surface area contributed by atoms with Crippen LogP contribution < -0.4 is 10.7 Å². The van der Waals surface area contributed by atoms with Gasteiger partial charge in [0, 0.05) is 47.4 Å². The number of benzene rings is 3. The van der Waals surface area contributed by atoms with Gasteiger partial charge in [0.2, 0.25) is 0 Å². The molecule has 0 spiro atoms. The average molecular weight is 429 g/mol.